The first kappa shape index (κ1) is 34.1. The molecule has 3 nitrogen and oxygen atoms in total. The zero-order valence-corrected chi connectivity index (χ0v) is 34.5. The molecule has 59 heavy (non-hydrogen) atoms. The maximum absolute atomic E-state index is 3.51. The summed E-state index contributed by atoms with van der Waals surface area (Å²) in [5, 5.41) is 0. The summed E-state index contributed by atoms with van der Waals surface area (Å²) in [6.45, 7) is 0.0566. The van der Waals surface area contributed by atoms with Crippen LogP contribution in [-0.2, 0) is 0 Å². The van der Waals surface area contributed by atoms with Crippen molar-refractivity contribution in [2.45, 2.75) is 0 Å². The molecule has 0 bridgehead atoms. The Labute approximate surface area is 348 Å². The summed E-state index contributed by atoms with van der Waals surface area (Å²) in [5.41, 5.74) is 14.8. The summed E-state index contributed by atoms with van der Waals surface area (Å²) in [6.07, 6.45) is 0. The predicted molar refractivity (Wildman–Crippen MR) is 252 cm³/mol. The molecular weight excluding hydrogens is 774 g/mol. The molecule has 3 aliphatic heterocycles. The molecule has 0 aliphatic carbocycles. The van der Waals surface area contributed by atoms with Gasteiger partial charge < -0.3 is 0 Å². The van der Waals surface area contributed by atoms with Crippen LogP contribution < -0.4 is 48.7 Å². The van der Waals surface area contributed by atoms with E-state index in [9.17, 15) is 0 Å². The van der Waals surface area contributed by atoms with Gasteiger partial charge in [0.15, 0.2) is 0 Å². The Kier molecular flexibility index (Phi) is 7.82. The number of hydrogen-bond acceptors (Lipinski definition) is 3. The third-order valence-electron chi connectivity index (χ3n) is 12.7. The van der Waals surface area contributed by atoms with E-state index in [0.29, 0.717) is 0 Å². The van der Waals surface area contributed by atoms with Crippen molar-refractivity contribution >= 4 is 105 Å². The molecule has 276 valence electrons. The number of rotatable bonds is 5. The van der Waals surface area contributed by atoms with Crippen LogP contribution >= 0.6 is 0 Å². The van der Waals surface area contributed by atoms with Gasteiger partial charge in [-0.15, -0.1) is 0 Å². The van der Waals surface area contributed by atoms with Gasteiger partial charge in [0, 0.05) is 0 Å². The molecule has 0 saturated carbocycles. The Hall–Kier alpha value is -7.01. The van der Waals surface area contributed by atoms with Crippen molar-refractivity contribution in [2.75, 3.05) is 14.7 Å². The molecule has 3 aliphatic rings. The Bertz CT molecular complexity index is 2940. The topological polar surface area (TPSA) is 9.72 Å². The molecule has 12 rings (SSSR count). The average molecular weight is 812 g/mol. The first-order chi connectivity index (χ1) is 29.3. The van der Waals surface area contributed by atoms with Crippen LogP contribution in [0.1, 0.15) is 0 Å². The summed E-state index contributed by atoms with van der Waals surface area (Å²) in [5.74, 6) is 0. The van der Waals surface area contributed by atoms with Crippen molar-refractivity contribution in [1.29, 1.82) is 0 Å². The van der Waals surface area contributed by atoms with Gasteiger partial charge in [-0.05, 0) is 12.1 Å². The summed E-state index contributed by atoms with van der Waals surface area (Å²) in [7, 11) is 0. The molecule has 0 amide bonds. The Balaban J connectivity index is 1.12. The minimum Gasteiger partial charge on any atom is -0.0602 e. The van der Waals surface area contributed by atoms with E-state index >= 15 is 0 Å². The van der Waals surface area contributed by atoms with E-state index in [4.69, 9.17) is 0 Å². The normalized spacial score (nSPS) is 14.1. The number of benzene rings is 9. The second-order valence-electron chi connectivity index (χ2n) is 15.6. The van der Waals surface area contributed by atoms with Crippen LogP contribution in [0.2, 0.25) is 0 Å². The van der Waals surface area contributed by atoms with Gasteiger partial charge in [-0.1, -0.05) is 18.2 Å². The van der Waals surface area contributed by atoms with E-state index in [1.807, 2.05) is 0 Å². The van der Waals surface area contributed by atoms with Crippen molar-refractivity contribution in [3.8, 4) is 0 Å². The molecule has 0 saturated heterocycles. The van der Waals surface area contributed by atoms with Crippen LogP contribution in [0.4, 0.5) is 51.2 Å². The van der Waals surface area contributed by atoms with Gasteiger partial charge in [0.05, 0.1) is 0 Å². The zero-order chi connectivity index (χ0) is 38.9. The van der Waals surface area contributed by atoms with Crippen molar-refractivity contribution in [3.05, 3.63) is 231 Å². The fourth-order valence-corrected chi connectivity index (χ4v) is 21.1. The van der Waals surface area contributed by atoms with Gasteiger partial charge in [-0.25, -0.2) is 0 Å². The number of para-hydroxylation sites is 5. The van der Waals surface area contributed by atoms with Crippen LogP contribution in [-0.4, -0.2) is 20.0 Å². The average Bonchev–Trinajstić information content (AvgIpc) is 3.31. The van der Waals surface area contributed by atoms with E-state index in [2.05, 4.69) is 245 Å². The molecular formula is C54H38BGeN3. The smallest absolute Gasteiger partial charge is 0.0380 e. The number of hydrogen-bond donors (Lipinski definition) is 0. The molecule has 0 atom stereocenters. The van der Waals surface area contributed by atoms with Crippen molar-refractivity contribution in [3.63, 3.8) is 0 Å². The van der Waals surface area contributed by atoms with E-state index in [1.165, 1.54) is 68.1 Å². The number of nitrogens with zero attached hydrogens (tertiary/aromatic N) is 3. The number of anilines is 9. The van der Waals surface area contributed by atoms with Gasteiger partial charge in [-0.2, -0.15) is 0 Å². The third-order valence-corrected chi connectivity index (χ3v) is 22.9. The van der Waals surface area contributed by atoms with Crippen LogP contribution in [0.15, 0.2) is 231 Å². The quantitative estimate of drug-likeness (QED) is 0.161. The maximum Gasteiger partial charge on any atom is -0.0380 e. The molecule has 0 aromatic heterocycles. The fourth-order valence-electron chi connectivity index (χ4n) is 10.4. The molecule has 0 unspecified atom stereocenters. The minimum atomic E-state index is -3.51. The second-order valence-corrected chi connectivity index (χ2v) is 23.5. The largest absolute Gasteiger partial charge is 0.0602 e. The molecule has 3 heterocycles. The third kappa shape index (κ3) is 4.96. The van der Waals surface area contributed by atoms with Gasteiger partial charge in [0.2, 0.25) is 0 Å². The molecule has 0 spiro atoms. The Morgan fingerprint density at radius 3 is 1.25 bits per heavy atom. The van der Waals surface area contributed by atoms with Crippen LogP contribution in [0.5, 0.6) is 0 Å². The predicted octanol–water partition coefficient (Wildman–Crippen LogP) is 8.93. The first-order valence-corrected chi connectivity index (χ1v) is 24.7. The molecule has 9 aromatic rings. The summed E-state index contributed by atoms with van der Waals surface area (Å²) in [6, 6.07) is 85.9. The van der Waals surface area contributed by atoms with Crippen molar-refractivity contribution in [1.82, 2.24) is 0 Å². The maximum atomic E-state index is 2.54. The Morgan fingerprint density at radius 1 is 0.288 bits per heavy atom. The summed E-state index contributed by atoms with van der Waals surface area (Å²) >= 11 is -3.51. The molecule has 0 fully saturated rings. The second kappa shape index (κ2) is 13.5. The van der Waals surface area contributed by atoms with E-state index < -0.39 is 13.3 Å². The fraction of sp³-hybridized carbons (Fsp3) is 0. The monoisotopic (exact) mass is 813 g/mol. The molecule has 5 heteroatoms. The van der Waals surface area contributed by atoms with Crippen LogP contribution in [0.25, 0.3) is 0 Å². The van der Waals surface area contributed by atoms with Gasteiger partial charge in [-0.3, -0.25) is 0 Å². The molecule has 0 N–H and O–H groups in total. The van der Waals surface area contributed by atoms with Crippen molar-refractivity contribution < 1.29 is 0 Å². The zero-order valence-electron chi connectivity index (χ0n) is 32.4. The first-order valence-electron chi connectivity index (χ1n) is 20.5. The van der Waals surface area contributed by atoms with Gasteiger partial charge >= 0.3 is 320 Å². The van der Waals surface area contributed by atoms with Crippen molar-refractivity contribution in [2.24, 2.45) is 0 Å². The standard InChI is InChI=1S/C54H38BGeN3/c1-5-20-39(21-6-1)56(40-22-7-2-8-23-40)46-29-14-17-32-49(46)59(50-33-18-15-30-47(50)56)43-36-37-45-53(38-43)58(42-26-11-4-12-27-42)52-35-19-34-51-54(52)55(45)44-28-13-16-31-48(44)57(51)41-24-9-3-10-25-41/h1-38H. The van der Waals surface area contributed by atoms with Gasteiger partial charge in [0.1, 0.15) is 0 Å². The SMILES string of the molecule is c1ccc(N2c3ccccc3B3c4ccc(N5c6cccc[c]6[Ge]([c]6ccccc6)([c]6ccccc6)[c]6ccccc65)cc4N(c4ccccc4)c4cccc2c43)cc1. The molecule has 9 aromatic carbocycles. The van der Waals surface area contributed by atoms with E-state index in [-0.39, 0.29) is 6.71 Å². The Morgan fingerprint density at radius 2 is 0.695 bits per heavy atom. The van der Waals surface area contributed by atoms with E-state index in [1.54, 1.807) is 0 Å². The molecule has 0 radical (unpaired) electrons. The minimum absolute atomic E-state index is 0.0566. The number of fused-ring (bicyclic) bond motifs is 6. The summed E-state index contributed by atoms with van der Waals surface area (Å²) < 4.78 is 5.76. The summed E-state index contributed by atoms with van der Waals surface area (Å²) in [4.78, 5) is 7.50. The van der Waals surface area contributed by atoms with E-state index in [0.717, 1.165) is 17.1 Å². The van der Waals surface area contributed by atoms with Crippen LogP contribution in [0.3, 0.4) is 0 Å². The van der Waals surface area contributed by atoms with Crippen LogP contribution in [0, 0.1) is 0 Å². The van der Waals surface area contributed by atoms with Gasteiger partial charge in [0.25, 0.3) is 0 Å².